The number of allylic oxidation sites excluding steroid dienone is 1. The summed E-state index contributed by atoms with van der Waals surface area (Å²) < 4.78 is 16.7. The van der Waals surface area contributed by atoms with Crippen molar-refractivity contribution in [2.24, 2.45) is 0 Å². The summed E-state index contributed by atoms with van der Waals surface area (Å²) >= 11 is 12.2. The van der Waals surface area contributed by atoms with Crippen LogP contribution in [0.1, 0.15) is 37.4 Å². The second kappa shape index (κ2) is 10.6. The van der Waals surface area contributed by atoms with E-state index in [1.807, 2.05) is 13.8 Å². The van der Waals surface area contributed by atoms with Gasteiger partial charge in [0.15, 0.2) is 11.5 Å². The Bertz CT molecular complexity index is 1050. The Kier molecular flexibility index (Phi) is 7.88. The van der Waals surface area contributed by atoms with E-state index in [1.165, 1.54) is 7.11 Å². The Morgan fingerprint density at radius 3 is 2.50 bits per heavy atom. The maximum absolute atomic E-state index is 12.5. The van der Waals surface area contributed by atoms with E-state index in [1.54, 1.807) is 36.4 Å². The van der Waals surface area contributed by atoms with Gasteiger partial charge < -0.3 is 24.8 Å². The number of carbonyl (C=O) groups is 2. The van der Waals surface area contributed by atoms with E-state index in [0.29, 0.717) is 51.4 Å². The van der Waals surface area contributed by atoms with E-state index < -0.39 is 18.0 Å². The van der Waals surface area contributed by atoms with E-state index in [4.69, 9.17) is 37.4 Å². The largest absolute Gasteiger partial charge is 0.490 e. The van der Waals surface area contributed by atoms with E-state index in [9.17, 15) is 9.59 Å². The SMILES string of the molecule is CCOc1cc(C2NC(=O)NC(CC)=C2C(=O)OC)ccc1OCc1ccc(Cl)cc1Cl. The topological polar surface area (TPSA) is 85.9 Å². The number of amides is 2. The van der Waals surface area contributed by atoms with Gasteiger partial charge in [0.25, 0.3) is 0 Å². The number of halogens is 2. The van der Waals surface area contributed by atoms with E-state index >= 15 is 0 Å². The van der Waals surface area contributed by atoms with Crippen LogP contribution in [0.15, 0.2) is 47.7 Å². The highest BCUT2D eigenvalue weighted by atomic mass is 35.5. The van der Waals surface area contributed by atoms with Gasteiger partial charge in [0.05, 0.1) is 25.3 Å². The van der Waals surface area contributed by atoms with Crippen LogP contribution in [0.2, 0.25) is 10.0 Å². The molecule has 0 saturated carbocycles. The van der Waals surface area contributed by atoms with Crippen LogP contribution >= 0.6 is 23.2 Å². The van der Waals surface area contributed by atoms with Gasteiger partial charge in [-0.25, -0.2) is 9.59 Å². The molecule has 7 nitrogen and oxygen atoms in total. The maximum Gasteiger partial charge on any atom is 0.337 e. The second-order valence-corrected chi connectivity index (χ2v) is 7.78. The molecule has 2 N–H and O–H groups in total. The molecular formula is C23H24Cl2N2O5. The molecule has 3 rings (SSSR count). The first-order chi connectivity index (χ1) is 15.4. The van der Waals surface area contributed by atoms with E-state index in [2.05, 4.69) is 10.6 Å². The molecule has 170 valence electrons. The van der Waals surface area contributed by atoms with Crippen LogP contribution in [-0.4, -0.2) is 25.7 Å². The molecule has 2 amide bonds. The summed E-state index contributed by atoms with van der Waals surface area (Å²) in [5.74, 6) is 0.460. The summed E-state index contributed by atoms with van der Waals surface area (Å²) in [6.45, 7) is 4.33. The van der Waals surface area contributed by atoms with Crippen molar-refractivity contribution >= 4 is 35.2 Å². The maximum atomic E-state index is 12.5. The molecule has 32 heavy (non-hydrogen) atoms. The predicted octanol–water partition coefficient (Wildman–Crippen LogP) is 5.16. The van der Waals surface area contributed by atoms with Gasteiger partial charge in [-0.05, 0) is 43.2 Å². The summed E-state index contributed by atoms with van der Waals surface area (Å²) in [5.41, 5.74) is 2.29. The average Bonchev–Trinajstić information content (AvgIpc) is 2.78. The van der Waals surface area contributed by atoms with Gasteiger partial charge in [-0.2, -0.15) is 0 Å². The van der Waals surface area contributed by atoms with Crippen molar-refractivity contribution in [2.75, 3.05) is 13.7 Å². The number of benzene rings is 2. The first-order valence-electron chi connectivity index (χ1n) is 10.1. The molecule has 0 bridgehead atoms. The molecule has 0 aliphatic carbocycles. The summed E-state index contributed by atoms with van der Waals surface area (Å²) in [5, 5.41) is 6.52. The third kappa shape index (κ3) is 5.29. The third-order valence-electron chi connectivity index (χ3n) is 4.91. The minimum atomic E-state index is -0.690. The Hall–Kier alpha value is -2.90. The minimum absolute atomic E-state index is 0.215. The quantitative estimate of drug-likeness (QED) is 0.511. The summed E-state index contributed by atoms with van der Waals surface area (Å²) in [4.78, 5) is 24.6. The molecule has 1 atom stereocenters. The van der Waals surface area contributed by atoms with Crippen molar-refractivity contribution in [1.82, 2.24) is 10.6 Å². The lowest BCUT2D eigenvalue weighted by Gasteiger charge is -2.29. The monoisotopic (exact) mass is 478 g/mol. The number of carbonyl (C=O) groups excluding carboxylic acids is 2. The fourth-order valence-electron chi connectivity index (χ4n) is 3.38. The van der Waals surface area contributed by atoms with Crippen LogP contribution in [0, 0.1) is 0 Å². The summed E-state index contributed by atoms with van der Waals surface area (Å²) in [6.07, 6.45) is 0.468. The fraction of sp³-hybridized carbons (Fsp3) is 0.304. The molecule has 0 saturated heterocycles. The highest BCUT2D eigenvalue weighted by Crippen LogP contribution is 2.36. The molecule has 1 aliphatic heterocycles. The van der Waals surface area contributed by atoms with Gasteiger partial charge in [-0.1, -0.05) is 42.3 Å². The zero-order valence-electron chi connectivity index (χ0n) is 18.0. The first-order valence-corrected chi connectivity index (χ1v) is 10.9. The van der Waals surface area contributed by atoms with Crippen molar-refractivity contribution < 1.29 is 23.8 Å². The molecular weight excluding hydrogens is 455 g/mol. The van der Waals surface area contributed by atoms with Crippen LogP contribution in [0.25, 0.3) is 0 Å². The Morgan fingerprint density at radius 1 is 1.06 bits per heavy atom. The first kappa shape index (κ1) is 23.8. The molecule has 0 radical (unpaired) electrons. The minimum Gasteiger partial charge on any atom is -0.490 e. The van der Waals surface area contributed by atoms with Crippen molar-refractivity contribution in [2.45, 2.75) is 32.9 Å². The molecule has 2 aromatic rings. The highest BCUT2D eigenvalue weighted by Gasteiger charge is 2.33. The number of esters is 1. The summed E-state index contributed by atoms with van der Waals surface area (Å²) in [6, 6.07) is 9.36. The van der Waals surface area contributed by atoms with Crippen molar-refractivity contribution in [3.8, 4) is 11.5 Å². The Morgan fingerprint density at radius 2 is 1.84 bits per heavy atom. The van der Waals surface area contributed by atoms with Gasteiger partial charge in [-0.15, -0.1) is 0 Å². The van der Waals surface area contributed by atoms with Gasteiger partial charge in [0.2, 0.25) is 0 Å². The van der Waals surface area contributed by atoms with Crippen LogP contribution in [0.3, 0.4) is 0 Å². The molecule has 0 spiro atoms. The smallest absolute Gasteiger partial charge is 0.337 e. The number of nitrogens with one attached hydrogen (secondary N) is 2. The normalized spacial score (nSPS) is 15.7. The van der Waals surface area contributed by atoms with E-state index in [-0.39, 0.29) is 6.61 Å². The predicted molar refractivity (Wildman–Crippen MR) is 122 cm³/mol. The second-order valence-electron chi connectivity index (χ2n) is 6.93. The van der Waals surface area contributed by atoms with E-state index in [0.717, 1.165) is 5.56 Å². The van der Waals surface area contributed by atoms with Gasteiger partial charge in [0.1, 0.15) is 6.61 Å². The number of hydrogen-bond acceptors (Lipinski definition) is 5. The van der Waals surface area contributed by atoms with Crippen molar-refractivity contribution in [3.63, 3.8) is 0 Å². The molecule has 0 aromatic heterocycles. The lowest BCUT2D eigenvalue weighted by atomic mass is 9.94. The Labute approximate surface area is 196 Å². The average molecular weight is 479 g/mol. The Balaban J connectivity index is 1.93. The van der Waals surface area contributed by atoms with Crippen molar-refractivity contribution in [1.29, 1.82) is 0 Å². The van der Waals surface area contributed by atoms with Crippen LogP contribution < -0.4 is 20.1 Å². The lowest BCUT2D eigenvalue weighted by molar-refractivity contribution is -0.136. The molecule has 0 fully saturated rings. The van der Waals surface area contributed by atoms with Crippen LogP contribution in [0.4, 0.5) is 4.79 Å². The molecule has 1 unspecified atom stereocenters. The zero-order chi connectivity index (χ0) is 23.3. The number of ether oxygens (including phenoxy) is 3. The number of methoxy groups -OCH3 is 1. The third-order valence-corrected chi connectivity index (χ3v) is 5.50. The molecule has 9 heteroatoms. The standard InChI is InChI=1S/C23H24Cl2N2O5/c1-4-17-20(22(28)30-3)21(27-23(29)26-17)13-7-9-18(19(10-13)31-5-2)32-12-14-6-8-15(24)11-16(14)25/h6-11,21H,4-5,12H2,1-3H3,(H2,26,27,29). The number of hydrogen-bond donors (Lipinski definition) is 2. The van der Waals surface area contributed by atoms with Crippen LogP contribution in [0.5, 0.6) is 11.5 Å². The fourth-order valence-corrected chi connectivity index (χ4v) is 3.85. The van der Waals surface area contributed by atoms with Crippen molar-refractivity contribution in [3.05, 3.63) is 68.8 Å². The van der Waals surface area contributed by atoms with Gasteiger partial charge in [-0.3, -0.25) is 0 Å². The van der Waals surface area contributed by atoms with Gasteiger partial charge >= 0.3 is 12.0 Å². The number of rotatable bonds is 8. The number of urea groups is 1. The van der Waals surface area contributed by atoms with Gasteiger partial charge in [0, 0.05) is 21.3 Å². The lowest BCUT2D eigenvalue weighted by Crippen LogP contribution is -2.45. The molecule has 1 heterocycles. The molecule has 2 aromatic carbocycles. The summed E-state index contributed by atoms with van der Waals surface area (Å²) in [7, 11) is 1.31. The van der Waals surface area contributed by atoms with Crippen LogP contribution in [-0.2, 0) is 16.1 Å². The zero-order valence-corrected chi connectivity index (χ0v) is 19.5. The molecule has 1 aliphatic rings. The highest BCUT2D eigenvalue weighted by molar-refractivity contribution is 6.35.